The maximum Gasteiger partial charge on any atom is 0.138 e. The molecule has 29 heavy (non-hydrogen) atoms. The summed E-state index contributed by atoms with van der Waals surface area (Å²) in [4.78, 5) is 13.3. The fraction of sp³-hybridized carbons (Fsp3) is 0.0455. The van der Waals surface area contributed by atoms with Crippen molar-refractivity contribution in [2.75, 3.05) is 0 Å². The van der Waals surface area contributed by atoms with Crippen molar-refractivity contribution >= 4 is 11.0 Å². The van der Waals surface area contributed by atoms with Crippen LogP contribution in [0, 0.1) is 11.6 Å². The van der Waals surface area contributed by atoms with Crippen LogP contribution in [0.25, 0.3) is 39.2 Å². The van der Waals surface area contributed by atoms with E-state index in [1.807, 2.05) is 40.6 Å². The van der Waals surface area contributed by atoms with Gasteiger partial charge < -0.3 is 4.57 Å². The second-order valence-electron chi connectivity index (χ2n) is 6.77. The van der Waals surface area contributed by atoms with E-state index in [0.29, 0.717) is 16.9 Å². The van der Waals surface area contributed by atoms with Crippen LogP contribution in [0.3, 0.4) is 0 Å². The molecular formula is C22H15F2N5. The molecule has 0 atom stereocenters. The van der Waals surface area contributed by atoms with Gasteiger partial charge in [0, 0.05) is 36.6 Å². The normalized spacial score (nSPS) is 11.3. The molecule has 3 heterocycles. The maximum absolute atomic E-state index is 14.2. The van der Waals surface area contributed by atoms with E-state index < -0.39 is 11.6 Å². The molecule has 0 amide bonds. The Morgan fingerprint density at radius 3 is 2.52 bits per heavy atom. The maximum atomic E-state index is 14.2. The van der Waals surface area contributed by atoms with Crippen LogP contribution in [-0.2, 0) is 7.05 Å². The molecule has 7 heteroatoms. The van der Waals surface area contributed by atoms with Gasteiger partial charge in [-0.1, -0.05) is 6.07 Å². The molecule has 5 nitrogen and oxygen atoms in total. The van der Waals surface area contributed by atoms with Crippen molar-refractivity contribution in [2.24, 2.45) is 7.05 Å². The van der Waals surface area contributed by atoms with E-state index in [4.69, 9.17) is 0 Å². The van der Waals surface area contributed by atoms with E-state index >= 15 is 0 Å². The van der Waals surface area contributed by atoms with Crippen molar-refractivity contribution in [1.29, 1.82) is 0 Å². The summed E-state index contributed by atoms with van der Waals surface area (Å²) in [6, 6.07) is 12.9. The minimum absolute atomic E-state index is 0.317. The lowest BCUT2D eigenvalue weighted by Crippen LogP contribution is -1.96. The molecule has 0 fully saturated rings. The predicted octanol–water partition coefficient (Wildman–Crippen LogP) is 4.77. The summed E-state index contributed by atoms with van der Waals surface area (Å²) in [6.45, 7) is 0. The second-order valence-corrected chi connectivity index (χ2v) is 6.77. The lowest BCUT2D eigenvalue weighted by Gasteiger charge is -2.08. The number of rotatable bonds is 3. The molecule has 2 aromatic carbocycles. The van der Waals surface area contributed by atoms with Crippen molar-refractivity contribution in [3.63, 3.8) is 0 Å². The third-order valence-electron chi connectivity index (χ3n) is 4.78. The molecule has 0 radical (unpaired) electrons. The lowest BCUT2D eigenvalue weighted by molar-refractivity contribution is 0.585. The minimum atomic E-state index is -0.613. The van der Waals surface area contributed by atoms with Crippen LogP contribution in [0.2, 0.25) is 0 Å². The van der Waals surface area contributed by atoms with Crippen molar-refractivity contribution in [3.05, 3.63) is 85.2 Å². The number of aryl methyl sites for hydroxylation is 1. The second kappa shape index (κ2) is 6.63. The zero-order chi connectivity index (χ0) is 20.0. The SMILES string of the molecule is Cn1cnc(-c2ccc3c(c2)ncn3-c2cc(-c3ccc(F)cc3F)ccn2)c1. The Morgan fingerprint density at radius 2 is 1.72 bits per heavy atom. The molecule has 0 bridgehead atoms. The van der Waals surface area contributed by atoms with Crippen LogP contribution < -0.4 is 0 Å². The Bertz CT molecular complexity index is 1350. The van der Waals surface area contributed by atoms with Crippen molar-refractivity contribution in [2.45, 2.75) is 0 Å². The zero-order valence-corrected chi connectivity index (χ0v) is 15.4. The average molecular weight is 387 g/mol. The fourth-order valence-corrected chi connectivity index (χ4v) is 3.36. The van der Waals surface area contributed by atoms with Crippen LogP contribution in [0.5, 0.6) is 0 Å². The topological polar surface area (TPSA) is 48.5 Å². The summed E-state index contributed by atoms with van der Waals surface area (Å²) in [5.74, 6) is -0.623. The highest BCUT2D eigenvalue weighted by atomic mass is 19.1. The Labute approximate surface area is 164 Å². The number of hydrogen-bond acceptors (Lipinski definition) is 3. The van der Waals surface area contributed by atoms with Crippen LogP contribution in [-0.4, -0.2) is 24.1 Å². The Hall–Kier alpha value is -3.87. The van der Waals surface area contributed by atoms with Gasteiger partial charge in [-0.2, -0.15) is 0 Å². The third kappa shape index (κ3) is 3.06. The molecule has 0 N–H and O–H groups in total. The van der Waals surface area contributed by atoms with Gasteiger partial charge in [0.15, 0.2) is 0 Å². The largest absolute Gasteiger partial charge is 0.340 e. The highest BCUT2D eigenvalue weighted by Crippen LogP contribution is 2.27. The van der Waals surface area contributed by atoms with Gasteiger partial charge in [-0.15, -0.1) is 0 Å². The molecule has 5 aromatic rings. The van der Waals surface area contributed by atoms with Gasteiger partial charge in [0.1, 0.15) is 23.8 Å². The van der Waals surface area contributed by atoms with Crippen LogP contribution in [0.1, 0.15) is 0 Å². The average Bonchev–Trinajstić information content (AvgIpc) is 3.34. The number of benzene rings is 2. The van der Waals surface area contributed by atoms with Crippen molar-refractivity contribution in [1.82, 2.24) is 24.1 Å². The Morgan fingerprint density at radius 1 is 0.828 bits per heavy atom. The van der Waals surface area contributed by atoms with Crippen molar-refractivity contribution in [3.8, 4) is 28.2 Å². The molecule has 3 aromatic heterocycles. The summed E-state index contributed by atoms with van der Waals surface area (Å²) in [7, 11) is 1.92. The van der Waals surface area contributed by atoms with E-state index in [2.05, 4.69) is 15.0 Å². The van der Waals surface area contributed by atoms with E-state index in [-0.39, 0.29) is 0 Å². The first kappa shape index (κ1) is 17.2. The minimum Gasteiger partial charge on any atom is -0.340 e. The molecule has 5 rings (SSSR count). The number of pyridine rings is 1. The first-order valence-corrected chi connectivity index (χ1v) is 8.96. The van der Waals surface area contributed by atoms with E-state index in [1.165, 1.54) is 12.1 Å². The van der Waals surface area contributed by atoms with Crippen molar-refractivity contribution < 1.29 is 8.78 Å². The van der Waals surface area contributed by atoms with E-state index in [1.54, 1.807) is 31.0 Å². The van der Waals surface area contributed by atoms with Gasteiger partial charge >= 0.3 is 0 Å². The number of hydrogen-bond donors (Lipinski definition) is 0. The first-order valence-electron chi connectivity index (χ1n) is 8.96. The lowest BCUT2D eigenvalue weighted by atomic mass is 10.1. The van der Waals surface area contributed by atoms with Crippen LogP contribution in [0.15, 0.2) is 73.6 Å². The summed E-state index contributed by atoms with van der Waals surface area (Å²) < 4.78 is 31.1. The van der Waals surface area contributed by atoms with Gasteiger partial charge in [0.05, 0.1) is 23.1 Å². The first-order chi connectivity index (χ1) is 14.1. The monoisotopic (exact) mass is 387 g/mol. The quantitative estimate of drug-likeness (QED) is 0.448. The highest BCUT2D eigenvalue weighted by Gasteiger charge is 2.11. The molecule has 0 saturated heterocycles. The zero-order valence-electron chi connectivity index (χ0n) is 15.4. The number of aromatic nitrogens is 5. The molecule has 0 aliphatic carbocycles. The van der Waals surface area contributed by atoms with Gasteiger partial charge in [0.2, 0.25) is 0 Å². The molecule has 0 saturated carbocycles. The van der Waals surface area contributed by atoms with Gasteiger partial charge in [-0.3, -0.25) is 4.57 Å². The molecule has 0 spiro atoms. The smallest absolute Gasteiger partial charge is 0.138 e. The molecule has 0 aliphatic heterocycles. The van der Waals surface area contributed by atoms with E-state index in [9.17, 15) is 8.78 Å². The summed E-state index contributed by atoms with van der Waals surface area (Å²) in [5, 5.41) is 0. The summed E-state index contributed by atoms with van der Waals surface area (Å²) >= 11 is 0. The standard InChI is InChI=1S/C22H15F2N5/c1-28-11-20(26-12-28)15-2-5-21-19(8-15)27-13-29(21)22-9-14(6-7-25-22)17-4-3-16(23)10-18(17)24/h2-13H,1H3. The Balaban J connectivity index is 1.57. The number of imidazole rings is 2. The summed E-state index contributed by atoms with van der Waals surface area (Å²) in [6.07, 6.45) is 6.98. The molecule has 0 aliphatic rings. The van der Waals surface area contributed by atoms with Gasteiger partial charge in [-0.05, 0) is 42.0 Å². The predicted molar refractivity (Wildman–Crippen MR) is 106 cm³/mol. The van der Waals surface area contributed by atoms with Crippen LogP contribution >= 0.6 is 0 Å². The van der Waals surface area contributed by atoms with Crippen LogP contribution in [0.4, 0.5) is 8.78 Å². The number of nitrogens with zero attached hydrogens (tertiary/aromatic N) is 5. The van der Waals surface area contributed by atoms with Gasteiger partial charge in [0.25, 0.3) is 0 Å². The fourth-order valence-electron chi connectivity index (χ4n) is 3.36. The molecule has 0 unspecified atom stereocenters. The summed E-state index contributed by atoms with van der Waals surface area (Å²) in [5.41, 5.74) is 4.44. The van der Waals surface area contributed by atoms with E-state index in [0.717, 1.165) is 28.4 Å². The Kier molecular flexibility index (Phi) is 3.94. The molecule has 142 valence electrons. The highest BCUT2D eigenvalue weighted by molar-refractivity contribution is 5.82. The number of fused-ring (bicyclic) bond motifs is 1. The third-order valence-corrected chi connectivity index (χ3v) is 4.78. The van der Waals surface area contributed by atoms with Gasteiger partial charge in [-0.25, -0.2) is 23.7 Å². The number of halogens is 2. The molecular weight excluding hydrogens is 372 g/mol.